The Hall–Kier alpha value is -2.95. The van der Waals surface area contributed by atoms with Crippen LogP contribution in [-0.4, -0.2) is 81.1 Å². The number of aromatic hydroxyl groups is 1. The molecular weight excluding hydrogens is 444 g/mol. The second-order valence-corrected chi connectivity index (χ2v) is 9.73. The molecule has 5 N–H and O–H groups in total. The molecule has 0 radical (unpaired) electrons. The number of hydrogen-bond donors (Lipinski definition) is 4. The fourth-order valence-corrected chi connectivity index (χ4v) is 6.27. The van der Waals surface area contributed by atoms with Gasteiger partial charge in [-0.25, -0.2) is 0 Å². The lowest BCUT2D eigenvalue weighted by atomic mass is 9.52. The molecule has 182 valence electrons. The number of aliphatic hydroxyl groups excluding tert-OH is 1. The van der Waals surface area contributed by atoms with E-state index >= 15 is 0 Å². The lowest BCUT2D eigenvalue weighted by molar-refractivity contribution is -0.190. The number of hydrogen-bond acceptors (Lipinski definition) is 9. The van der Waals surface area contributed by atoms with Crippen LogP contribution in [0.5, 0.6) is 5.75 Å². The molecule has 3 aliphatic rings. The summed E-state index contributed by atoms with van der Waals surface area (Å²) in [5, 5.41) is 32.8. The van der Waals surface area contributed by atoms with Crippen molar-refractivity contribution in [2.75, 3.05) is 14.1 Å². The van der Waals surface area contributed by atoms with Gasteiger partial charge in [0.1, 0.15) is 11.7 Å². The van der Waals surface area contributed by atoms with Crippen molar-refractivity contribution in [3.63, 3.8) is 0 Å². The average Bonchev–Trinajstić information content (AvgIpc) is 2.75. The molecule has 2 saturated carbocycles. The Balaban J connectivity index is 1.88. The molecule has 0 aromatic heterocycles. The number of nitrogens with zero attached hydrogens (tertiary/aromatic N) is 1. The molecule has 0 saturated heterocycles. The summed E-state index contributed by atoms with van der Waals surface area (Å²) >= 11 is 0. The Labute approximate surface area is 195 Å². The maximum atomic E-state index is 13.7. The molecule has 0 aliphatic heterocycles. The van der Waals surface area contributed by atoms with Gasteiger partial charge in [-0.1, -0.05) is 6.92 Å². The number of benzene rings is 1. The topological polar surface area (TPSA) is 175 Å². The highest BCUT2D eigenvalue weighted by atomic mass is 16.3. The first-order valence-electron chi connectivity index (χ1n) is 11.2. The molecule has 1 aromatic carbocycles. The Bertz CT molecular complexity index is 1130. The molecule has 10 nitrogen and oxygen atoms in total. The molecule has 1 amide bonds. The quantitative estimate of drug-likeness (QED) is 0.324. The normalized spacial score (nSPS) is 34.9. The first kappa shape index (κ1) is 24.2. The van der Waals surface area contributed by atoms with E-state index in [0.717, 1.165) is 0 Å². The minimum Gasteiger partial charge on any atom is -0.507 e. The SMILES string of the molecule is CCC(=O)c1ccc(O)c2c1C[C@@H]1C[C@@H]3[C@@H](N(C)C)C(O)C(C(N)=O)C(=O)[C@]3(O)C(=O)C1C2=O. The van der Waals surface area contributed by atoms with Crippen molar-refractivity contribution in [3.8, 4) is 5.75 Å². The molecule has 10 heteroatoms. The summed E-state index contributed by atoms with van der Waals surface area (Å²) in [6.07, 6.45) is -1.27. The van der Waals surface area contributed by atoms with Crippen LogP contribution in [0.3, 0.4) is 0 Å². The second-order valence-electron chi connectivity index (χ2n) is 9.73. The molecule has 34 heavy (non-hydrogen) atoms. The van der Waals surface area contributed by atoms with Gasteiger partial charge in [0.25, 0.3) is 0 Å². The molecule has 2 fully saturated rings. The van der Waals surface area contributed by atoms with Crippen molar-refractivity contribution in [2.45, 2.75) is 43.9 Å². The van der Waals surface area contributed by atoms with Crippen LogP contribution in [0.25, 0.3) is 0 Å². The Kier molecular flexibility index (Phi) is 5.74. The van der Waals surface area contributed by atoms with Gasteiger partial charge in [0.15, 0.2) is 28.7 Å². The smallest absolute Gasteiger partial charge is 0.230 e. The van der Waals surface area contributed by atoms with Crippen LogP contribution in [0.2, 0.25) is 0 Å². The Morgan fingerprint density at radius 1 is 1.18 bits per heavy atom. The maximum absolute atomic E-state index is 13.7. The molecule has 0 spiro atoms. The van der Waals surface area contributed by atoms with Crippen LogP contribution >= 0.6 is 0 Å². The third-order valence-corrected chi connectivity index (χ3v) is 7.80. The predicted molar refractivity (Wildman–Crippen MR) is 117 cm³/mol. The first-order chi connectivity index (χ1) is 15.9. The van der Waals surface area contributed by atoms with E-state index in [1.807, 2.05) is 0 Å². The summed E-state index contributed by atoms with van der Waals surface area (Å²) in [4.78, 5) is 66.5. The van der Waals surface area contributed by atoms with Gasteiger partial charge in [0, 0.05) is 23.9 Å². The molecule has 7 atom stereocenters. The van der Waals surface area contributed by atoms with Gasteiger partial charge >= 0.3 is 0 Å². The van der Waals surface area contributed by atoms with Crippen LogP contribution in [0, 0.1) is 23.7 Å². The maximum Gasteiger partial charge on any atom is 0.230 e. The molecular formula is C24H28N2O8. The van der Waals surface area contributed by atoms with Gasteiger partial charge in [-0.15, -0.1) is 0 Å². The van der Waals surface area contributed by atoms with Crippen molar-refractivity contribution < 1.29 is 39.3 Å². The number of phenolic OH excluding ortho intramolecular Hbond substituents is 1. The summed E-state index contributed by atoms with van der Waals surface area (Å²) in [5.74, 6) is -9.87. The molecule has 4 rings (SSSR count). The summed E-state index contributed by atoms with van der Waals surface area (Å²) in [6.45, 7) is 1.67. The summed E-state index contributed by atoms with van der Waals surface area (Å²) in [6, 6.07) is 1.70. The van der Waals surface area contributed by atoms with Crippen molar-refractivity contribution in [3.05, 3.63) is 28.8 Å². The van der Waals surface area contributed by atoms with E-state index in [1.165, 1.54) is 17.0 Å². The lowest BCUT2D eigenvalue weighted by Crippen LogP contribution is -2.75. The molecule has 0 bridgehead atoms. The minimum atomic E-state index is -2.70. The van der Waals surface area contributed by atoms with E-state index < -0.39 is 64.7 Å². The van der Waals surface area contributed by atoms with E-state index in [1.54, 1.807) is 21.0 Å². The zero-order valence-corrected chi connectivity index (χ0v) is 19.1. The van der Waals surface area contributed by atoms with E-state index in [0.29, 0.717) is 5.56 Å². The number of rotatable bonds is 4. The summed E-state index contributed by atoms with van der Waals surface area (Å²) < 4.78 is 0. The minimum absolute atomic E-state index is 0.00459. The van der Waals surface area contributed by atoms with Gasteiger partial charge in [-0.2, -0.15) is 0 Å². The molecule has 0 heterocycles. The van der Waals surface area contributed by atoms with Gasteiger partial charge in [0.2, 0.25) is 5.91 Å². The number of phenols is 1. The number of primary amides is 1. The molecule has 1 aromatic rings. The number of likely N-dealkylation sites (N-methyl/N-ethyl adjacent to an activating group) is 1. The van der Waals surface area contributed by atoms with Crippen molar-refractivity contribution in [1.29, 1.82) is 0 Å². The van der Waals surface area contributed by atoms with E-state index in [2.05, 4.69) is 0 Å². The molecule has 3 aliphatic carbocycles. The number of aliphatic hydroxyl groups is 2. The number of fused-ring (bicyclic) bond motifs is 3. The largest absolute Gasteiger partial charge is 0.507 e. The second kappa shape index (κ2) is 8.07. The van der Waals surface area contributed by atoms with Crippen LogP contribution in [-0.2, 0) is 20.8 Å². The third kappa shape index (κ3) is 3.09. The van der Waals surface area contributed by atoms with E-state index in [4.69, 9.17) is 5.73 Å². The fraction of sp³-hybridized carbons (Fsp3) is 0.542. The number of carbonyl (C=O) groups is 5. The fourth-order valence-electron chi connectivity index (χ4n) is 6.27. The number of Topliss-reactive ketones (excluding diaryl/α,β-unsaturated/α-hetero) is 4. The lowest BCUT2D eigenvalue weighted by Gasteiger charge is -2.54. The zero-order valence-electron chi connectivity index (χ0n) is 19.1. The Morgan fingerprint density at radius 2 is 1.82 bits per heavy atom. The standard InChI is InChI=1S/C24H28N2O8/c1-4-13(27)10-5-6-14(28)16-11(10)7-9-8-12-18(26(2)3)20(30)17(23(25)33)22(32)24(12,34)21(31)15(9)19(16)29/h5-6,9,12,15,17-18,20,28,30,34H,4,7-8H2,1-3H3,(H2,25,33)/t9-,12-,15?,17?,18-,20?,24-/m1/s1. The number of amides is 1. The Morgan fingerprint density at radius 3 is 2.38 bits per heavy atom. The highest BCUT2D eigenvalue weighted by Gasteiger charge is 2.69. The summed E-state index contributed by atoms with van der Waals surface area (Å²) in [5.41, 5.74) is 3.12. The van der Waals surface area contributed by atoms with Gasteiger partial charge < -0.3 is 26.0 Å². The van der Waals surface area contributed by atoms with Crippen LogP contribution < -0.4 is 5.73 Å². The monoisotopic (exact) mass is 472 g/mol. The average molecular weight is 472 g/mol. The molecule has 3 unspecified atom stereocenters. The van der Waals surface area contributed by atoms with Crippen LogP contribution in [0.15, 0.2) is 12.1 Å². The van der Waals surface area contributed by atoms with E-state index in [-0.39, 0.29) is 41.9 Å². The van der Waals surface area contributed by atoms with Gasteiger partial charge in [-0.05, 0) is 50.6 Å². The van der Waals surface area contributed by atoms with Gasteiger partial charge in [0.05, 0.1) is 17.6 Å². The summed E-state index contributed by atoms with van der Waals surface area (Å²) in [7, 11) is 3.16. The number of nitrogens with two attached hydrogens (primary N) is 1. The highest BCUT2D eigenvalue weighted by Crippen LogP contribution is 2.51. The van der Waals surface area contributed by atoms with Crippen molar-refractivity contribution in [2.24, 2.45) is 29.4 Å². The van der Waals surface area contributed by atoms with Crippen LogP contribution in [0.1, 0.15) is 46.0 Å². The van der Waals surface area contributed by atoms with E-state index in [9.17, 15) is 39.3 Å². The van der Waals surface area contributed by atoms with Gasteiger partial charge in [-0.3, -0.25) is 24.0 Å². The number of ketones is 4. The van der Waals surface area contributed by atoms with Crippen LogP contribution in [0.4, 0.5) is 0 Å². The first-order valence-corrected chi connectivity index (χ1v) is 11.2. The number of carbonyl (C=O) groups excluding carboxylic acids is 5. The zero-order chi connectivity index (χ0) is 25.3. The van der Waals surface area contributed by atoms with Crippen molar-refractivity contribution >= 4 is 29.0 Å². The third-order valence-electron chi connectivity index (χ3n) is 7.80. The predicted octanol–water partition coefficient (Wildman–Crippen LogP) is -0.748. The highest BCUT2D eigenvalue weighted by molar-refractivity contribution is 6.25. The van der Waals surface area contributed by atoms with Crippen molar-refractivity contribution in [1.82, 2.24) is 4.90 Å².